The first kappa shape index (κ1) is 18.6. The van der Waals surface area contributed by atoms with Crippen LogP contribution in [0.2, 0.25) is 0 Å². The van der Waals surface area contributed by atoms with E-state index in [1.165, 1.54) is 6.07 Å². The Balaban J connectivity index is 2.27. The fourth-order valence-electron chi connectivity index (χ4n) is 3.16. The Morgan fingerprint density at radius 3 is 2.92 bits per heavy atom. The van der Waals surface area contributed by atoms with E-state index < -0.39 is 0 Å². The molecule has 132 valence electrons. The largest absolute Gasteiger partial charge is 0.466 e. The number of anilines is 1. The Hall–Kier alpha value is -1.70. The van der Waals surface area contributed by atoms with Gasteiger partial charge >= 0.3 is 5.97 Å². The van der Waals surface area contributed by atoms with Crippen LogP contribution in [0.5, 0.6) is 0 Å². The van der Waals surface area contributed by atoms with Crippen LogP contribution in [0, 0.1) is 16.0 Å². The summed E-state index contributed by atoms with van der Waals surface area (Å²) in [6.07, 6.45) is 2.77. The number of piperidine rings is 1. The first-order valence-electron chi connectivity index (χ1n) is 8.20. The molecule has 1 saturated heterocycles. The summed E-state index contributed by atoms with van der Waals surface area (Å²) in [4.78, 5) is 29.3. The van der Waals surface area contributed by atoms with Gasteiger partial charge < -0.3 is 9.64 Å². The SMILES string of the molecule is CCOC(=O)CC1CCCN(c2c([N+](=O)[O-])cc(Br)nc2CC)C1. The molecule has 1 unspecified atom stereocenters. The van der Waals surface area contributed by atoms with Gasteiger partial charge in [-0.15, -0.1) is 0 Å². The van der Waals surface area contributed by atoms with Gasteiger partial charge in [-0.3, -0.25) is 14.9 Å². The Labute approximate surface area is 149 Å². The summed E-state index contributed by atoms with van der Waals surface area (Å²) in [5.41, 5.74) is 1.35. The minimum absolute atomic E-state index is 0.0607. The quantitative estimate of drug-likeness (QED) is 0.315. The van der Waals surface area contributed by atoms with Gasteiger partial charge in [-0.25, -0.2) is 4.98 Å². The van der Waals surface area contributed by atoms with Crippen LogP contribution in [0.25, 0.3) is 0 Å². The van der Waals surface area contributed by atoms with Crippen molar-refractivity contribution >= 4 is 33.3 Å². The van der Waals surface area contributed by atoms with E-state index in [0.29, 0.717) is 42.0 Å². The molecular weight excluding hydrogens is 378 g/mol. The highest BCUT2D eigenvalue weighted by atomic mass is 79.9. The summed E-state index contributed by atoms with van der Waals surface area (Å²) in [6.45, 7) is 5.43. The highest BCUT2D eigenvalue weighted by molar-refractivity contribution is 9.10. The zero-order valence-electron chi connectivity index (χ0n) is 14.0. The second-order valence-electron chi connectivity index (χ2n) is 5.83. The first-order chi connectivity index (χ1) is 11.5. The number of nitro groups is 1. The van der Waals surface area contributed by atoms with Gasteiger partial charge in [0.25, 0.3) is 5.69 Å². The zero-order chi connectivity index (χ0) is 17.7. The molecule has 1 fully saturated rings. The predicted octanol–water partition coefficient (Wildman–Crippen LogP) is 3.48. The molecule has 2 rings (SSSR count). The van der Waals surface area contributed by atoms with Gasteiger partial charge in [-0.05, 0) is 48.0 Å². The molecule has 0 N–H and O–H groups in total. The van der Waals surface area contributed by atoms with Crippen LogP contribution in [0.15, 0.2) is 10.7 Å². The Morgan fingerprint density at radius 1 is 1.54 bits per heavy atom. The van der Waals surface area contributed by atoms with Crippen LogP contribution in [0.4, 0.5) is 11.4 Å². The van der Waals surface area contributed by atoms with E-state index in [9.17, 15) is 14.9 Å². The van der Waals surface area contributed by atoms with Crippen molar-refractivity contribution in [2.45, 2.75) is 39.5 Å². The van der Waals surface area contributed by atoms with Crippen molar-refractivity contribution < 1.29 is 14.5 Å². The molecule has 8 heteroatoms. The van der Waals surface area contributed by atoms with Crippen molar-refractivity contribution in [3.63, 3.8) is 0 Å². The Kier molecular flexibility index (Phi) is 6.53. The van der Waals surface area contributed by atoms with Gasteiger partial charge in [0.15, 0.2) is 0 Å². The number of hydrogen-bond donors (Lipinski definition) is 0. The minimum Gasteiger partial charge on any atom is -0.466 e. The zero-order valence-corrected chi connectivity index (χ0v) is 15.5. The van der Waals surface area contributed by atoms with Gasteiger partial charge in [0.05, 0.1) is 29.7 Å². The Bertz CT molecular complexity index is 624. The highest BCUT2D eigenvalue weighted by Gasteiger charge is 2.30. The molecule has 0 bridgehead atoms. The fourth-order valence-corrected chi connectivity index (χ4v) is 3.59. The summed E-state index contributed by atoms with van der Waals surface area (Å²) in [6, 6.07) is 1.45. The number of halogens is 1. The second-order valence-corrected chi connectivity index (χ2v) is 6.65. The molecule has 1 aliphatic rings. The van der Waals surface area contributed by atoms with Gasteiger partial charge in [-0.1, -0.05) is 6.92 Å². The number of aromatic nitrogens is 1. The molecule has 2 heterocycles. The topological polar surface area (TPSA) is 85.6 Å². The number of pyridine rings is 1. The molecule has 1 aromatic rings. The minimum atomic E-state index is -0.365. The average molecular weight is 400 g/mol. The smallest absolute Gasteiger partial charge is 0.306 e. The summed E-state index contributed by atoms with van der Waals surface area (Å²) < 4.78 is 5.49. The summed E-state index contributed by atoms with van der Waals surface area (Å²) in [7, 11) is 0. The molecule has 1 atom stereocenters. The third-order valence-electron chi connectivity index (χ3n) is 4.14. The summed E-state index contributed by atoms with van der Waals surface area (Å²) >= 11 is 3.25. The van der Waals surface area contributed by atoms with Crippen LogP contribution in [-0.4, -0.2) is 35.6 Å². The lowest BCUT2D eigenvalue weighted by Gasteiger charge is -2.34. The van der Waals surface area contributed by atoms with Crippen molar-refractivity contribution in [2.75, 3.05) is 24.6 Å². The first-order valence-corrected chi connectivity index (χ1v) is 8.99. The fraction of sp³-hybridized carbons (Fsp3) is 0.625. The van der Waals surface area contributed by atoms with Gasteiger partial charge in [-0.2, -0.15) is 0 Å². The highest BCUT2D eigenvalue weighted by Crippen LogP contribution is 2.36. The molecule has 0 radical (unpaired) electrons. The van der Waals surface area contributed by atoms with E-state index in [4.69, 9.17) is 4.74 Å². The van der Waals surface area contributed by atoms with E-state index in [1.807, 2.05) is 11.8 Å². The predicted molar refractivity (Wildman–Crippen MR) is 94.2 cm³/mol. The third-order valence-corrected chi connectivity index (χ3v) is 4.55. The molecular formula is C16H22BrN3O4. The number of carbonyl (C=O) groups is 1. The maximum absolute atomic E-state index is 11.7. The second kappa shape index (κ2) is 8.41. The third kappa shape index (κ3) is 4.43. The van der Waals surface area contributed by atoms with Crippen molar-refractivity contribution in [1.29, 1.82) is 0 Å². The van der Waals surface area contributed by atoms with Crippen LogP contribution in [0.3, 0.4) is 0 Å². The molecule has 0 amide bonds. The molecule has 0 aromatic carbocycles. The number of hydrogen-bond acceptors (Lipinski definition) is 6. The lowest BCUT2D eigenvalue weighted by molar-refractivity contribution is -0.384. The summed E-state index contributed by atoms with van der Waals surface area (Å²) in [5.74, 6) is -0.0609. The number of aryl methyl sites for hydroxylation is 1. The number of carbonyl (C=O) groups excluding carboxylic acids is 1. The molecule has 24 heavy (non-hydrogen) atoms. The van der Waals surface area contributed by atoms with E-state index in [2.05, 4.69) is 20.9 Å². The number of rotatable bonds is 6. The van der Waals surface area contributed by atoms with Crippen molar-refractivity contribution in [1.82, 2.24) is 4.98 Å². The monoisotopic (exact) mass is 399 g/mol. The van der Waals surface area contributed by atoms with E-state index >= 15 is 0 Å². The van der Waals surface area contributed by atoms with Gasteiger partial charge in [0.1, 0.15) is 10.3 Å². The van der Waals surface area contributed by atoms with Gasteiger partial charge in [0.2, 0.25) is 0 Å². The average Bonchev–Trinajstić information content (AvgIpc) is 2.54. The van der Waals surface area contributed by atoms with E-state index in [0.717, 1.165) is 19.4 Å². The van der Waals surface area contributed by atoms with Crippen molar-refractivity contribution in [3.05, 3.63) is 26.5 Å². The molecule has 1 aliphatic heterocycles. The molecule has 0 saturated carbocycles. The van der Waals surface area contributed by atoms with Gasteiger partial charge in [0, 0.05) is 13.1 Å². The lowest BCUT2D eigenvalue weighted by Crippen LogP contribution is -2.37. The van der Waals surface area contributed by atoms with Crippen LogP contribution >= 0.6 is 15.9 Å². The van der Waals surface area contributed by atoms with E-state index in [1.54, 1.807) is 6.92 Å². The summed E-state index contributed by atoms with van der Waals surface area (Å²) in [5, 5.41) is 11.5. The normalized spacial score (nSPS) is 17.6. The molecule has 0 aliphatic carbocycles. The standard InChI is InChI=1S/C16H22BrN3O4/c1-3-12-16(13(20(22)23)9-14(17)18-12)19-7-5-6-11(10-19)8-15(21)24-4-2/h9,11H,3-8,10H2,1-2H3. The van der Waals surface area contributed by atoms with Crippen LogP contribution < -0.4 is 4.90 Å². The molecule has 0 spiro atoms. The Morgan fingerprint density at radius 2 is 2.29 bits per heavy atom. The number of esters is 1. The van der Waals surface area contributed by atoms with Crippen molar-refractivity contribution in [3.8, 4) is 0 Å². The number of nitrogens with zero attached hydrogens (tertiary/aromatic N) is 3. The number of ether oxygens (including phenoxy) is 1. The lowest BCUT2D eigenvalue weighted by atomic mass is 9.94. The maximum atomic E-state index is 11.7. The molecule has 7 nitrogen and oxygen atoms in total. The van der Waals surface area contributed by atoms with Crippen molar-refractivity contribution in [2.24, 2.45) is 5.92 Å². The van der Waals surface area contributed by atoms with Crippen LogP contribution in [-0.2, 0) is 16.0 Å². The van der Waals surface area contributed by atoms with E-state index in [-0.39, 0.29) is 22.5 Å². The van der Waals surface area contributed by atoms with Crippen LogP contribution in [0.1, 0.15) is 38.8 Å². The molecule has 1 aromatic heterocycles. The maximum Gasteiger partial charge on any atom is 0.306 e.